The van der Waals surface area contributed by atoms with Gasteiger partial charge in [-0.05, 0) is 25.1 Å². The number of sulfonamides is 1. The molecular formula is C14H11ClN4O4S. The van der Waals surface area contributed by atoms with E-state index in [1.165, 1.54) is 19.2 Å². The molecule has 2 N–H and O–H groups in total. The molecule has 24 heavy (non-hydrogen) atoms. The number of aromatic amines is 1. The Morgan fingerprint density at radius 3 is 2.79 bits per heavy atom. The molecule has 3 rings (SSSR count). The summed E-state index contributed by atoms with van der Waals surface area (Å²) in [6, 6.07) is 7.14. The van der Waals surface area contributed by atoms with Gasteiger partial charge in [-0.1, -0.05) is 17.7 Å². The lowest BCUT2D eigenvalue weighted by molar-refractivity contribution is -0.385. The van der Waals surface area contributed by atoms with Crippen molar-refractivity contribution >= 4 is 43.9 Å². The summed E-state index contributed by atoms with van der Waals surface area (Å²) in [5, 5.41) is 18.2. The Balaban J connectivity index is 2.08. The molecular weight excluding hydrogens is 356 g/mol. The van der Waals surface area contributed by atoms with Crippen LogP contribution in [0.1, 0.15) is 5.56 Å². The lowest BCUT2D eigenvalue weighted by Gasteiger charge is -2.10. The van der Waals surface area contributed by atoms with E-state index in [-0.39, 0.29) is 21.2 Å². The second kappa shape index (κ2) is 5.77. The third kappa shape index (κ3) is 2.79. The molecule has 8 nitrogen and oxygen atoms in total. The topological polar surface area (TPSA) is 118 Å². The molecule has 0 atom stereocenters. The van der Waals surface area contributed by atoms with Crippen molar-refractivity contribution in [2.45, 2.75) is 11.8 Å². The van der Waals surface area contributed by atoms with Gasteiger partial charge in [0.2, 0.25) is 0 Å². The minimum atomic E-state index is -4.06. The van der Waals surface area contributed by atoms with Crippen LogP contribution in [0.25, 0.3) is 10.9 Å². The quantitative estimate of drug-likeness (QED) is 0.542. The summed E-state index contributed by atoms with van der Waals surface area (Å²) < 4.78 is 27.6. The van der Waals surface area contributed by atoms with Crippen LogP contribution in [0, 0.1) is 17.0 Å². The van der Waals surface area contributed by atoms with E-state index in [9.17, 15) is 18.5 Å². The highest BCUT2D eigenvalue weighted by atomic mass is 35.5. The molecule has 2 aromatic carbocycles. The van der Waals surface area contributed by atoms with Crippen LogP contribution in [0.4, 0.5) is 11.4 Å². The zero-order valence-corrected chi connectivity index (χ0v) is 13.9. The largest absolute Gasteiger partial charge is 0.279 e. The first-order valence-corrected chi connectivity index (χ1v) is 8.55. The summed E-state index contributed by atoms with van der Waals surface area (Å²) in [4.78, 5) is 10.1. The molecule has 0 aliphatic carbocycles. The van der Waals surface area contributed by atoms with E-state index >= 15 is 0 Å². The maximum absolute atomic E-state index is 12.6. The van der Waals surface area contributed by atoms with Gasteiger partial charge in [-0.3, -0.25) is 19.9 Å². The molecule has 0 fully saturated rings. The van der Waals surface area contributed by atoms with Crippen LogP contribution in [0.2, 0.25) is 5.02 Å². The number of hydrogen-bond acceptors (Lipinski definition) is 5. The summed E-state index contributed by atoms with van der Waals surface area (Å²) >= 11 is 5.94. The molecule has 3 aromatic rings. The molecule has 124 valence electrons. The first-order valence-electron chi connectivity index (χ1n) is 6.69. The van der Waals surface area contributed by atoms with Crippen molar-refractivity contribution in [1.29, 1.82) is 0 Å². The third-order valence-electron chi connectivity index (χ3n) is 3.53. The number of nitro benzene ring substituents is 1. The molecule has 0 spiro atoms. The monoisotopic (exact) mass is 366 g/mol. The molecule has 0 amide bonds. The van der Waals surface area contributed by atoms with Crippen LogP contribution < -0.4 is 4.72 Å². The highest BCUT2D eigenvalue weighted by Crippen LogP contribution is 2.31. The van der Waals surface area contributed by atoms with Crippen LogP contribution in [-0.4, -0.2) is 23.5 Å². The predicted molar refractivity (Wildman–Crippen MR) is 89.7 cm³/mol. The maximum atomic E-state index is 12.6. The summed E-state index contributed by atoms with van der Waals surface area (Å²) in [5.74, 6) is 0. The van der Waals surface area contributed by atoms with Crippen molar-refractivity contribution < 1.29 is 13.3 Å². The fraction of sp³-hybridized carbons (Fsp3) is 0.0714. The van der Waals surface area contributed by atoms with Crippen LogP contribution in [0.5, 0.6) is 0 Å². The first-order chi connectivity index (χ1) is 11.3. The Hall–Kier alpha value is -2.65. The summed E-state index contributed by atoms with van der Waals surface area (Å²) in [5.41, 5.74) is 0.811. The average molecular weight is 367 g/mol. The number of nitrogens with one attached hydrogen (secondary N) is 2. The predicted octanol–water partition coefficient (Wildman–Crippen LogP) is 3.23. The van der Waals surface area contributed by atoms with E-state index in [0.29, 0.717) is 16.6 Å². The normalized spacial score (nSPS) is 11.6. The molecule has 10 heteroatoms. The Labute approximate surface area is 141 Å². The molecule has 0 aliphatic heterocycles. The number of H-pyrrole nitrogens is 1. The first kappa shape index (κ1) is 16.2. The van der Waals surface area contributed by atoms with Gasteiger partial charge < -0.3 is 0 Å². The van der Waals surface area contributed by atoms with Gasteiger partial charge in [0.25, 0.3) is 15.7 Å². The van der Waals surface area contributed by atoms with Gasteiger partial charge in [0.15, 0.2) is 0 Å². The zero-order chi connectivity index (χ0) is 17.5. The number of rotatable bonds is 4. The highest BCUT2D eigenvalue weighted by molar-refractivity contribution is 7.92. The molecule has 0 saturated carbocycles. The summed E-state index contributed by atoms with van der Waals surface area (Å²) in [7, 11) is -4.06. The smallest absolute Gasteiger partial charge is 0.275 e. The fourth-order valence-corrected chi connectivity index (χ4v) is 3.65. The highest BCUT2D eigenvalue weighted by Gasteiger charge is 2.23. The van der Waals surface area contributed by atoms with Gasteiger partial charge in [0.05, 0.1) is 32.2 Å². The summed E-state index contributed by atoms with van der Waals surface area (Å²) in [6.07, 6.45) is 1.48. The van der Waals surface area contributed by atoms with Crippen LogP contribution in [-0.2, 0) is 10.0 Å². The Morgan fingerprint density at radius 2 is 2.08 bits per heavy atom. The van der Waals surface area contributed by atoms with E-state index in [0.717, 1.165) is 6.07 Å². The molecule has 0 aliphatic rings. The molecule has 0 radical (unpaired) electrons. The van der Waals surface area contributed by atoms with Crippen molar-refractivity contribution in [3.63, 3.8) is 0 Å². The molecule has 0 unspecified atom stereocenters. The van der Waals surface area contributed by atoms with E-state index in [2.05, 4.69) is 14.9 Å². The van der Waals surface area contributed by atoms with E-state index in [4.69, 9.17) is 11.6 Å². The fourth-order valence-electron chi connectivity index (χ4n) is 2.25. The van der Waals surface area contributed by atoms with Crippen LogP contribution in [0.3, 0.4) is 0 Å². The van der Waals surface area contributed by atoms with Gasteiger partial charge in [-0.25, -0.2) is 8.42 Å². The van der Waals surface area contributed by atoms with Gasteiger partial charge >= 0.3 is 0 Å². The Morgan fingerprint density at radius 1 is 1.33 bits per heavy atom. The zero-order valence-electron chi connectivity index (χ0n) is 12.3. The van der Waals surface area contributed by atoms with Crippen molar-refractivity contribution in [3.05, 3.63) is 57.2 Å². The second-order valence-corrected chi connectivity index (χ2v) is 7.14. The maximum Gasteiger partial charge on any atom is 0.275 e. The van der Waals surface area contributed by atoms with Gasteiger partial charge in [0, 0.05) is 17.0 Å². The Bertz CT molecular complexity index is 1060. The van der Waals surface area contributed by atoms with E-state index in [1.807, 2.05) is 0 Å². The molecule has 1 aromatic heterocycles. The van der Waals surface area contributed by atoms with Gasteiger partial charge in [-0.15, -0.1) is 0 Å². The van der Waals surface area contributed by atoms with Gasteiger partial charge in [-0.2, -0.15) is 5.10 Å². The molecule has 0 bridgehead atoms. The number of nitro groups is 1. The van der Waals surface area contributed by atoms with Gasteiger partial charge in [0.1, 0.15) is 0 Å². The number of halogens is 1. The number of benzene rings is 2. The number of fused-ring (bicyclic) bond motifs is 1. The standard InChI is InChI=1S/C14H11ClN4O4S/c1-8-11(15)5-9(6-14(8)19(20)21)24(22,23)18-13-4-2-3-12-10(13)7-16-17-12/h2-7,18H,1H3,(H,16,17). The number of nitrogens with zero attached hydrogens (tertiary/aromatic N) is 2. The molecule has 0 saturated heterocycles. The van der Waals surface area contributed by atoms with Crippen LogP contribution >= 0.6 is 11.6 Å². The lowest BCUT2D eigenvalue weighted by atomic mass is 10.2. The van der Waals surface area contributed by atoms with E-state index in [1.54, 1.807) is 18.2 Å². The Kier molecular flexibility index (Phi) is 3.90. The third-order valence-corrected chi connectivity index (χ3v) is 5.26. The number of aromatic nitrogens is 2. The van der Waals surface area contributed by atoms with Crippen molar-refractivity contribution in [2.75, 3.05) is 4.72 Å². The lowest BCUT2D eigenvalue weighted by Crippen LogP contribution is -2.13. The number of hydrogen-bond donors (Lipinski definition) is 2. The molecule has 1 heterocycles. The SMILES string of the molecule is Cc1c(Cl)cc(S(=O)(=O)Nc2cccc3[nH]ncc23)cc1[N+](=O)[O-]. The van der Waals surface area contributed by atoms with Crippen molar-refractivity contribution in [3.8, 4) is 0 Å². The minimum absolute atomic E-state index is 0.00564. The van der Waals surface area contributed by atoms with Crippen LogP contribution in [0.15, 0.2) is 41.4 Å². The minimum Gasteiger partial charge on any atom is -0.279 e. The number of anilines is 1. The van der Waals surface area contributed by atoms with Crippen molar-refractivity contribution in [1.82, 2.24) is 10.2 Å². The van der Waals surface area contributed by atoms with Crippen molar-refractivity contribution in [2.24, 2.45) is 0 Å². The second-order valence-electron chi connectivity index (χ2n) is 5.05. The average Bonchev–Trinajstić information content (AvgIpc) is 2.98. The summed E-state index contributed by atoms with van der Waals surface area (Å²) in [6.45, 7) is 1.45. The van der Waals surface area contributed by atoms with E-state index < -0.39 is 14.9 Å².